The zero-order valence-corrected chi connectivity index (χ0v) is 16.6. The molecule has 7 nitrogen and oxygen atoms in total. The standard InChI is InChI=1S/C17H21ClN6OS/c1-10-13(16(18)23(3)21-10)8-19-17-20-11(2)15(26-17)14-4-6-24(22-14)12-5-7-25-9-12/h4,6,12H,5,7-9H2,1-3H3,(H,19,20). The molecule has 138 valence electrons. The molecule has 3 aromatic rings. The zero-order chi connectivity index (χ0) is 18.3. The predicted molar refractivity (Wildman–Crippen MR) is 103 cm³/mol. The van der Waals surface area contributed by atoms with Crippen molar-refractivity contribution in [2.24, 2.45) is 7.05 Å². The second kappa shape index (κ2) is 7.02. The molecule has 3 aromatic heterocycles. The van der Waals surface area contributed by atoms with Crippen LogP contribution in [0.15, 0.2) is 12.3 Å². The SMILES string of the molecule is Cc1nc(NCc2c(C)nn(C)c2Cl)sc1-c1ccn(C2CCOC2)n1. The van der Waals surface area contributed by atoms with Crippen molar-refractivity contribution in [2.75, 3.05) is 18.5 Å². The highest BCUT2D eigenvalue weighted by Crippen LogP contribution is 2.33. The van der Waals surface area contributed by atoms with Gasteiger partial charge in [0.1, 0.15) is 10.8 Å². The molecule has 1 aliphatic rings. The van der Waals surface area contributed by atoms with E-state index in [9.17, 15) is 0 Å². The first-order valence-electron chi connectivity index (χ1n) is 8.55. The molecule has 1 N–H and O–H groups in total. The van der Waals surface area contributed by atoms with E-state index in [0.29, 0.717) is 17.7 Å². The lowest BCUT2D eigenvalue weighted by atomic mass is 10.3. The van der Waals surface area contributed by atoms with Crippen molar-refractivity contribution < 1.29 is 4.74 Å². The molecule has 0 saturated carbocycles. The lowest BCUT2D eigenvalue weighted by Gasteiger charge is -2.06. The van der Waals surface area contributed by atoms with Gasteiger partial charge in [0.2, 0.25) is 0 Å². The van der Waals surface area contributed by atoms with E-state index in [-0.39, 0.29) is 0 Å². The summed E-state index contributed by atoms with van der Waals surface area (Å²) in [5.74, 6) is 0. The van der Waals surface area contributed by atoms with Crippen LogP contribution >= 0.6 is 22.9 Å². The van der Waals surface area contributed by atoms with Crippen LogP contribution in [0.1, 0.15) is 29.4 Å². The summed E-state index contributed by atoms with van der Waals surface area (Å²) in [4.78, 5) is 5.72. The summed E-state index contributed by atoms with van der Waals surface area (Å²) < 4.78 is 9.14. The lowest BCUT2D eigenvalue weighted by molar-refractivity contribution is 0.184. The predicted octanol–water partition coefficient (Wildman–Crippen LogP) is 3.58. The minimum Gasteiger partial charge on any atom is -0.379 e. The van der Waals surface area contributed by atoms with Crippen LogP contribution in [0, 0.1) is 13.8 Å². The minimum atomic E-state index is 0.338. The fraction of sp³-hybridized carbons (Fsp3) is 0.471. The van der Waals surface area contributed by atoms with E-state index in [1.807, 2.05) is 37.8 Å². The second-order valence-electron chi connectivity index (χ2n) is 6.46. The lowest BCUT2D eigenvalue weighted by Crippen LogP contribution is -2.08. The molecule has 1 fully saturated rings. The van der Waals surface area contributed by atoms with Crippen LogP contribution in [-0.2, 0) is 18.3 Å². The van der Waals surface area contributed by atoms with Gasteiger partial charge in [0.25, 0.3) is 0 Å². The third-order valence-electron chi connectivity index (χ3n) is 4.60. The Kier molecular flexibility index (Phi) is 4.73. The Hall–Kier alpha value is -1.90. The summed E-state index contributed by atoms with van der Waals surface area (Å²) >= 11 is 7.90. The molecule has 0 spiro atoms. The second-order valence-corrected chi connectivity index (χ2v) is 7.82. The number of hydrogen-bond donors (Lipinski definition) is 1. The van der Waals surface area contributed by atoms with Crippen molar-refractivity contribution in [2.45, 2.75) is 32.9 Å². The fourth-order valence-electron chi connectivity index (χ4n) is 3.14. The molecule has 0 radical (unpaired) electrons. The van der Waals surface area contributed by atoms with Crippen molar-refractivity contribution >= 4 is 28.1 Å². The van der Waals surface area contributed by atoms with E-state index in [0.717, 1.165) is 52.3 Å². The molecule has 0 aromatic carbocycles. The maximum atomic E-state index is 6.30. The highest BCUT2D eigenvalue weighted by atomic mass is 35.5. The van der Waals surface area contributed by atoms with E-state index in [1.54, 1.807) is 16.0 Å². The van der Waals surface area contributed by atoms with E-state index in [4.69, 9.17) is 21.4 Å². The monoisotopic (exact) mass is 392 g/mol. The minimum absolute atomic E-state index is 0.338. The number of thiazole rings is 1. The number of aromatic nitrogens is 5. The molecule has 26 heavy (non-hydrogen) atoms. The van der Waals surface area contributed by atoms with Crippen LogP contribution in [0.5, 0.6) is 0 Å². The highest BCUT2D eigenvalue weighted by molar-refractivity contribution is 7.19. The van der Waals surface area contributed by atoms with E-state index < -0.39 is 0 Å². The maximum absolute atomic E-state index is 6.30. The molecule has 1 aliphatic heterocycles. The Morgan fingerprint density at radius 2 is 2.19 bits per heavy atom. The van der Waals surface area contributed by atoms with Crippen molar-refractivity contribution in [1.29, 1.82) is 0 Å². The number of ether oxygens (including phenoxy) is 1. The Morgan fingerprint density at radius 3 is 2.88 bits per heavy atom. The molecule has 0 amide bonds. The maximum Gasteiger partial charge on any atom is 0.183 e. The van der Waals surface area contributed by atoms with Gasteiger partial charge >= 0.3 is 0 Å². The molecule has 1 saturated heterocycles. The van der Waals surface area contributed by atoms with Crippen molar-refractivity contribution in [3.05, 3.63) is 34.4 Å². The smallest absolute Gasteiger partial charge is 0.183 e. The van der Waals surface area contributed by atoms with E-state index >= 15 is 0 Å². The van der Waals surface area contributed by atoms with E-state index in [2.05, 4.69) is 15.4 Å². The Balaban J connectivity index is 1.50. The fourth-order valence-corrected chi connectivity index (χ4v) is 4.31. The topological polar surface area (TPSA) is 69.8 Å². The number of rotatable bonds is 5. The average molecular weight is 393 g/mol. The molecular formula is C17H21ClN6OS. The van der Waals surface area contributed by atoms with Gasteiger partial charge in [-0.15, -0.1) is 0 Å². The number of nitrogens with one attached hydrogen (secondary N) is 1. The first-order chi connectivity index (χ1) is 12.5. The third-order valence-corrected chi connectivity index (χ3v) is 6.21. The average Bonchev–Trinajstić information content (AvgIpc) is 3.36. The van der Waals surface area contributed by atoms with Crippen molar-refractivity contribution in [3.63, 3.8) is 0 Å². The summed E-state index contributed by atoms with van der Waals surface area (Å²) in [5, 5.41) is 13.9. The first-order valence-corrected chi connectivity index (χ1v) is 9.75. The van der Waals surface area contributed by atoms with Gasteiger partial charge in [0.05, 0.1) is 28.9 Å². The van der Waals surface area contributed by atoms with Crippen LogP contribution in [-0.4, -0.2) is 37.8 Å². The summed E-state index contributed by atoms with van der Waals surface area (Å²) in [5.41, 5.74) is 3.85. The van der Waals surface area contributed by atoms with Gasteiger partial charge in [0, 0.05) is 32.0 Å². The molecule has 4 rings (SSSR count). The summed E-state index contributed by atoms with van der Waals surface area (Å²) in [6.45, 7) is 6.11. The number of aryl methyl sites for hydroxylation is 3. The van der Waals surface area contributed by atoms with Gasteiger partial charge < -0.3 is 10.1 Å². The van der Waals surface area contributed by atoms with Gasteiger partial charge in [-0.3, -0.25) is 9.36 Å². The van der Waals surface area contributed by atoms with Gasteiger partial charge in [0.15, 0.2) is 5.13 Å². The van der Waals surface area contributed by atoms with Crippen LogP contribution in [0.2, 0.25) is 5.15 Å². The first kappa shape index (κ1) is 17.5. The van der Waals surface area contributed by atoms with Crippen LogP contribution in [0.4, 0.5) is 5.13 Å². The summed E-state index contributed by atoms with van der Waals surface area (Å²) in [6, 6.07) is 2.38. The van der Waals surface area contributed by atoms with Gasteiger partial charge in [-0.05, 0) is 26.3 Å². The Bertz CT molecular complexity index is 924. The van der Waals surface area contributed by atoms with Crippen molar-refractivity contribution in [1.82, 2.24) is 24.5 Å². The normalized spacial score (nSPS) is 17.2. The number of anilines is 1. The van der Waals surface area contributed by atoms with Crippen LogP contribution in [0.3, 0.4) is 0 Å². The summed E-state index contributed by atoms with van der Waals surface area (Å²) in [6.07, 6.45) is 3.04. The number of halogens is 1. The molecule has 9 heteroatoms. The molecular weight excluding hydrogens is 372 g/mol. The number of hydrogen-bond acceptors (Lipinski definition) is 6. The Morgan fingerprint density at radius 1 is 1.35 bits per heavy atom. The van der Waals surface area contributed by atoms with E-state index in [1.165, 1.54) is 0 Å². The third kappa shape index (κ3) is 3.24. The molecule has 0 aliphatic carbocycles. The van der Waals surface area contributed by atoms with Crippen LogP contribution < -0.4 is 5.32 Å². The molecule has 0 bridgehead atoms. The van der Waals surface area contributed by atoms with Gasteiger partial charge in [-0.2, -0.15) is 10.2 Å². The molecule has 1 unspecified atom stereocenters. The van der Waals surface area contributed by atoms with Crippen LogP contribution in [0.25, 0.3) is 10.6 Å². The van der Waals surface area contributed by atoms with Crippen molar-refractivity contribution in [3.8, 4) is 10.6 Å². The molecule has 4 heterocycles. The highest BCUT2D eigenvalue weighted by Gasteiger charge is 2.20. The largest absolute Gasteiger partial charge is 0.379 e. The molecule has 1 atom stereocenters. The quantitative estimate of drug-likeness (QED) is 0.718. The zero-order valence-electron chi connectivity index (χ0n) is 15.0. The van der Waals surface area contributed by atoms with Gasteiger partial charge in [-0.25, -0.2) is 4.98 Å². The summed E-state index contributed by atoms with van der Waals surface area (Å²) in [7, 11) is 1.84. The van der Waals surface area contributed by atoms with Gasteiger partial charge in [-0.1, -0.05) is 22.9 Å². The Labute approximate surface area is 161 Å². The number of nitrogens with zero attached hydrogens (tertiary/aromatic N) is 5.